The quantitative estimate of drug-likeness (QED) is 0.390. The van der Waals surface area contributed by atoms with E-state index in [2.05, 4.69) is 0 Å². The monoisotopic (exact) mass is 546 g/mol. The first-order valence-electron chi connectivity index (χ1n) is 14.1. The van der Waals surface area contributed by atoms with E-state index in [0.29, 0.717) is 24.8 Å². The maximum absolute atomic E-state index is 13.4. The summed E-state index contributed by atoms with van der Waals surface area (Å²) in [5, 5.41) is 47.9. The van der Waals surface area contributed by atoms with E-state index in [1.165, 1.54) is 13.0 Å². The molecule has 1 heterocycles. The summed E-state index contributed by atoms with van der Waals surface area (Å²) >= 11 is 0. The van der Waals surface area contributed by atoms with Crippen LogP contribution >= 0.6 is 0 Å². The van der Waals surface area contributed by atoms with Gasteiger partial charge in [0.15, 0.2) is 5.78 Å². The van der Waals surface area contributed by atoms with Crippen molar-refractivity contribution in [1.82, 2.24) is 0 Å². The highest BCUT2D eigenvalue weighted by Gasteiger charge is 2.77. The van der Waals surface area contributed by atoms with Gasteiger partial charge in [0.1, 0.15) is 29.0 Å². The number of ketones is 1. The van der Waals surface area contributed by atoms with Crippen LogP contribution in [0.15, 0.2) is 23.3 Å². The third-order valence-corrected chi connectivity index (χ3v) is 11.9. The molecule has 5 aliphatic rings. The highest BCUT2D eigenvalue weighted by molar-refractivity contribution is 5.97. The van der Waals surface area contributed by atoms with Crippen LogP contribution in [0.3, 0.4) is 0 Å². The fourth-order valence-electron chi connectivity index (χ4n) is 9.34. The summed E-state index contributed by atoms with van der Waals surface area (Å²) in [6.07, 6.45) is 1.26. The van der Waals surface area contributed by atoms with Crippen molar-refractivity contribution in [2.45, 2.75) is 115 Å². The molecule has 4 N–H and O–H groups in total. The molecule has 0 aromatic rings. The molecule has 0 bridgehead atoms. The molecule has 0 aromatic heterocycles. The van der Waals surface area contributed by atoms with Gasteiger partial charge in [-0.05, 0) is 77.7 Å². The number of fused-ring (bicyclic) bond motifs is 5. The highest BCUT2D eigenvalue weighted by Crippen LogP contribution is 2.70. The Labute approximate surface area is 229 Å². The smallest absolute Gasteiger partial charge is 0.334 e. The molecule has 0 radical (unpaired) electrons. The fraction of sp³-hybridized carbons (Fsp3) is 0.767. The number of carbonyl (C=O) groups excluding carboxylic acids is 3. The molecule has 2 unspecified atom stereocenters. The largest absolute Gasteiger partial charge is 0.459 e. The standard InChI is InChI=1S/C30H42O9/c1-15-12-23(39-25(34)16(15)2)28(6,35)20-14-24(38-17(3)31)30(37)19-13-22(33)29(36)10-7-8-21(32)27(29,5)18(19)9-11-26(20,30)4/h7-8,18-20,22-24,33,35-37H,9-14H2,1-6H3/t18-,19+,20-,22+,23?,24?,26+,27-,28+,29-,30+/m0/s1. The molecule has 0 saturated heterocycles. The summed E-state index contributed by atoms with van der Waals surface area (Å²) in [6, 6.07) is 0. The molecule has 0 aromatic carbocycles. The molecule has 1 aliphatic heterocycles. The van der Waals surface area contributed by atoms with Gasteiger partial charge in [0.05, 0.1) is 11.5 Å². The van der Waals surface area contributed by atoms with E-state index in [9.17, 15) is 34.8 Å². The molecule has 0 spiro atoms. The van der Waals surface area contributed by atoms with Gasteiger partial charge in [0, 0.05) is 30.3 Å². The van der Waals surface area contributed by atoms with Crippen LogP contribution in [0.4, 0.5) is 0 Å². The Kier molecular flexibility index (Phi) is 6.36. The average Bonchev–Trinajstić information content (AvgIpc) is 3.08. The van der Waals surface area contributed by atoms with Crippen LogP contribution in [0.25, 0.3) is 0 Å². The second-order valence-electron chi connectivity index (χ2n) is 13.5. The Balaban J connectivity index is 1.61. The van der Waals surface area contributed by atoms with Crippen molar-refractivity contribution in [3.05, 3.63) is 23.3 Å². The lowest BCUT2D eigenvalue weighted by Gasteiger charge is -2.66. The number of rotatable bonds is 3. The number of hydrogen-bond donors (Lipinski definition) is 4. The normalized spacial score (nSPS) is 49.0. The van der Waals surface area contributed by atoms with Crippen molar-refractivity contribution in [3.63, 3.8) is 0 Å². The SMILES string of the molecule is CC(=O)OC1C[C@H]([C@@](C)(O)C2CC(C)=C(C)C(=O)O2)[C@@]2(C)CC[C@H]3[C@@H](C[C@@H](O)[C@@]4(O)CC=CC(=O)[C@]34C)[C@@]12O. The van der Waals surface area contributed by atoms with E-state index in [0.717, 1.165) is 5.57 Å². The van der Waals surface area contributed by atoms with Gasteiger partial charge in [-0.15, -0.1) is 0 Å². The summed E-state index contributed by atoms with van der Waals surface area (Å²) in [7, 11) is 0. The number of carbonyl (C=O) groups is 3. The highest BCUT2D eigenvalue weighted by atomic mass is 16.6. The van der Waals surface area contributed by atoms with Crippen molar-refractivity contribution >= 4 is 17.7 Å². The number of ether oxygens (including phenoxy) is 2. The molecule has 3 saturated carbocycles. The van der Waals surface area contributed by atoms with Gasteiger partial charge in [-0.3, -0.25) is 9.59 Å². The number of cyclic esters (lactones) is 1. The molecule has 216 valence electrons. The predicted molar refractivity (Wildman–Crippen MR) is 139 cm³/mol. The Hall–Kier alpha value is -2.07. The van der Waals surface area contributed by atoms with Crippen molar-refractivity contribution in [2.24, 2.45) is 28.6 Å². The minimum Gasteiger partial charge on any atom is -0.459 e. The Morgan fingerprint density at radius 3 is 2.44 bits per heavy atom. The van der Waals surface area contributed by atoms with E-state index in [1.807, 2.05) is 13.8 Å². The van der Waals surface area contributed by atoms with Crippen molar-refractivity contribution in [2.75, 3.05) is 0 Å². The van der Waals surface area contributed by atoms with E-state index in [-0.39, 0.29) is 25.0 Å². The van der Waals surface area contributed by atoms with Crippen LogP contribution in [0.2, 0.25) is 0 Å². The lowest BCUT2D eigenvalue weighted by Crippen LogP contribution is -2.74. The third-order valence-electron chi connectivity index (χ3n) is 11.9. The van der Waals surface area contributed by atoms with Crippen LogP contribution in [0.1, 0.15) is 80.1 Å². The van der Waals surface area contributed by atoms with Crippen LogP contribution in [0, 0.1) is 28.6 Å². The molecule has 0 amide bonds. The first kappa shape index (κ1) is 28.5. The van der Waals surface area contributed by atoms with Crippen molar-refractivity contribution < 1.29 is 44.3 Å². The molecule has 39 heavy (non-hydrogen) atoms. The van der Waals surface area contributed by atoms with Crippen LogP contribution in [0.5, 0.6) is 0 Å². The zero-order valence-electron chi connectivity index (χ0n) is 23.7. The minimum absolute atomic E-state index is 0.00997. The summed E-state index contributed by atoms with van der Waals surface area (Å²) in [6.45, 7) is 9.93. The van der Waals surface area contributed by atoms with Gasteiger partial charge >= 0.3 is 11.9 Å². The van der Waals surface area contributed by atoms with Gasteiger partial charge in [0.25, 0.3) is 0 Å². The van der Waals surface area contributed by atoms with E-state index in [1.54, 1.807) is 26.8 Å². The van der Waals surface area contributed by atoms with Crippen LogP contribution in [-0.2, 0) is 23.9 Å². The number of aliphatic hydroxyl groups is 4. The summed E-state index contributed by atoms with van der Waals surface area (Å²) in [4.78, 5) is 38.3. The number of allylic oxidation sites excluding steroid dienone is 1. The van der Waals surface area contributed by atoms with Crippen molar-refractivity contribution in [1.29, 1.82) is 0 Å². The molecule has 11 atom stereocenters. The van der Waals surface area contributed by atoms with Crippen LogP contribution < -0.4 is 0 Å². The van der Waals surface area contributed by atoms with Gasteiger partial charge in [0.2, 0.25) is 0 Å². The second-order valence-corrected chi connectivity index (χ2v) is 13.5. The minimum atomic E-state index is -1.72. The topological polar surface area (TPSA) is 151 Å². The predicted octanol–water partition coefficient (Wildman–Crippen LogP) is 2.14. The van der Waals surface area contributed by atoms with Crippen molar-refractivity contribution in [3.8, 4) is 0 Å². The first-order valence-corrected chi connectivity index (χ1v) is 14.1. The molecular formula is C30H42O9. The molecule has 5 rings (SSSR count). The summed E-state index contributed by atoms with van der Waals surface area (Å²) in [5.74, 6) is -3.22. The summed E-state index contributed by atoms with van der Waals surface area (Å²) in [5.41, 5.74) is -6.01. The summed E-state index contributed by atoms with van der Waals surface area (Å²) < 4.78 is 11.5. The Morgan fingerprint density at radius 1 is 1.15 bits per heavy atom. The zero-order valence-corrected chi connectivity index (χ0v) is 23.7. The van der Waals surface area contributed by atoms with E-state index in [4.69, 9.17) is 9.47 Å². The first-order chi connectivity index (χ1) is 18.0. The van der Waals surface area contributed by atoms with Gasteiger partial charge in [-0.25, -0.2) is 4.79 Å². The second kappa shape index (κ2) is 8.71. The van der Waals surface area contributed by atoms with Crippen LogP contribution in [-0.4, -0.2) is 73.3 Å². The van der Waals surface area contributed by atoms with Gasteiger partial charge in [-0.2, -0.15) is 0 Å². The maximum atomic E-state index is 13.4. The molecule has 3 fully saturated rings. The molecular weight excluding hydrogens is 504 g/mol. The number of esters is 2. The fourth-order valence-corrected chi connectivity index (χ4v) is 9.34. The number of hydrogen-bond acceptors (Lipinski definition) is 9. The van der Waals surface area contributed by atoms with Gasteiger partial charge in [-0.1, -0.05) is 18.6 Å². The Morgan fingerprint density at radius 2 is 1.82 bits per heavy atom. The van der Waals surface area contributed by atoms with E-state index >= 15 is 0 Å². The third kappa shape index (κ3) is 3.49. The molecule has 9 nitrogen and oxygen atoms in total. The number of aliphatic hydroxyl groups excluding tert-OH is 1. The Bertz CT molecular complexity index is 1170. The molecule has 9 heteroatoms. The zero-order chi connectivity index (χ0) is 28.9. The lowest BCUT2D eigenvalue weighted by atomic mass is 9.41. The molecule has 4 aliphatic carbocycles. The lowest BCUT2D eigenvalue weighted by molar-refractivity contribution is -0.283. The maximum Gasteiger partial charge on any atom is 0.334 e. The average molecular weight is 547 g/mol. The van der Waals surface area contributed by atoms with Gasteiger partial charge < -0.3 is 29.9 Å². The van der Waals surface area contributed by atoms with E-state index < -0.39 is 75.6 Å².